The van der Waals surface area contributed by atoms with Crippen LogP contribution in [0.3, 0.4) is 0 Å². The molecule has 1 aromatic rings. The lowest BCUT2D eigenvalue weighted by Gasteiger charge is -2.35. The molecule has 0 aliphatic carbocycles. The molecule has 2 atom stereocenters. The molecule has 1 aliphatic heterocycles. The van der Waals surface area contributed by atoms with Crippen LogP contribution >= 0.6 is 0 Å². The fraction of sp³-hybridized carbons (Fsp3) is 0.588. The third-order valence-corrected chi connectivity index (χ3v) is 4.29. The minimum absolute atomic E-state index is 0.675. The van der Waals surface area contributed by atoms with E-state index in [1.165, 1.54) is 19.5 Å². The Morgan fingerprint density at radius 3 is 2.65 bits per heavy atom. The standard InChI is InChI=1S/C17H24N2O/c1-14-8-10-19(13-15(14)2)9-3-11-20-17-6-4-16(12-18)5-7-17/h4-7,14-15H,3,8-11,13H2,1-2H3/t14-,15-/m1/s1. The predicted octanol–water partition coefficient (Wildman–Crippen LogP) is 3.31. The maximum Gasteiger partial charge on any atom is 0.119 e. The molecule has 1 saturated heterocycles. The molecule has 1 aliphatic rings. The second-order valence-electron chi connectivity index (χ2n) is 5.88. The van der Waals surface area contributed by atoms with Crippen molar-refractivity contribution in [2.45, 2.75) is 26.7 Å². The SMILES string of the molecule is C[C@@H]1CCN(CCCOc2ccc(C#N)cc2)C[C@H]1C. The van der Waals surface area contributed by atoms with E-state index in [0.717, 1.165) is 37.2 Å². The first kappa shape index (κ1) is 14.9. The van der Waals surface area contributed by atoms with Gasteiger partial charge in [-0.3, -0.25) is 0 Å². The maximum atomic E-state index is 8.73. The fourth-order valence-electron chi connectivity index (χ4n) is 2.66. The van der Waals surface area contributed by atoms with Crippen molar-refractivity contribution in [2.75, 3.05) is 26.2 Å². The second-order valence-corrected chi connectivity index (χ2v) is 5.88. The molecule has 20 heavy (non-hydrogen) atoms. The molecular weight excluding hydrogens is 248 g/mol. The molecule has 1 fully saturated rings. The maximum absolute atomic E-state index is 8.73. The van der Waals surface area contributed by atoms with Gasteiger partial charge in [0.2, 0.25) is 0 Å². The Bertz CT molecular complexity index is 449. The normalized spacial score (nSPS) is 23.2. The van der Waals surface area contributed by atoms with Gasteiger partial charge in [0.15, 0.2) is 0 Å². The minimum atomic E-state index is 0.675. The largest absolute Gasteiger partial charge is 0.494 e. The van der Waals surface area contributed by atoms with Crippen molar-refractivity contribution < 1.29 is 4.74 Å². The van der Waals surface area contributed by atoms with Crippen molar-refractivity contribution in [1.29, 1.82) is 5.26 Å². The number of nitrogens with zero attached hydrogens (tertiary/aromatic N) is 2. The Balaban J connectivity index is 1.65. The number of rotatable bonds is 5. The van der Waals surface area contributed by atoms with Crippen LogP contribution in [0, 0.1) is 23.2 Å². The van der Waals surface area contributed by atoms with Crippen molar-refractivity contribution >= 4 is 0 Å². The summed E-state index contributed by atoms with van der Waals surface area (Å²) in [5.74, 6) is 2.52. The minimum Gasteiger partial charge on any atom is -0.494 e. The lowest BCUT2D eigenvalue weighted by atomic mass is 9.89. The van der Waals surface area contributed by atoms with Gasteiger partial charge in [-0.2, -0.15) is 5.26 Å². The Morgan fingerprint density at radius 1 is 1.25 bits per heavy atom. The van der Waals surface area contributed by atoms with Crippen LogP contribution in [0.1, 0.15) is 32.3 Å². The number of hydrogen-bond donors (Lipinski definition) is 0. The number of piperidine rings is 1. The van der Waals surface area contributed by atoms with Crippen molar-refractivity contribution in [3.05, 3.63) is 29.8 Å². The summed E-state index contributed by atoms with van der Waals surface area (Å²) in [7, 11) is 0. The summed E-state index contributed by atoms with van der Waals surface area (Å²) < 4.78 is 5.71. The lowest BCUT2D eigenvalue weighted by molar-refractivity contribution is 0.130. The topological polar surface area (TPSA) is 36.3 Å². The molecule has 0 radical (unpaired) electrons. The highest BCUT2D eigenvalue weighted by molar-refractivity contribution is 5.34. The quantitative estimate of drug-likeness (QED) is 0.772. The van der Waals surface area contributed by atoms with E-state index in [-0.39, 0.29) is 0 Å². The predicted molar refractivity (Wildman–Crippen MR) is 80.7 cm³/mol. The molecule has 108 valence electrons. The van der Waals surface area contributed by atoms with E-state index < -0.39 is 0 Å². The van der Waals surface area contributed by atoms with Gasteiger partial charge in [-0.1, -0.05) is 13.8 Å². The van der Waals surface area contributed by atoms with Gasteiger partial charge in [-0.15, -0.1) is 0 Å². The molecular formula is C17H24N2O. The molecule has 0 N–H and O–H groups in total. The fourth-order valence-corrected chi connectivity index (χ4v) is 2.66. The van der Waals surface area contributed by atoms with Crippen molar-refractivity contribution in [2.24, 2.45) is 11.8 Å². The smallest absolute Gasteiger partial charge is 0.119 e. The molecule has 0 spiro atoms. The Kier molecular flexibility index (Phi) is 5.43. The number of likely N-dealkylation sites (tertiary alicyclic amines) is 1. The molecule has 3 heteroatoms. The highest BCUT2D eigenvalue weighted by Crippen LogP contribution is 2.22. The van der Waals surface area contributed by atoms with Gasteiger partial charge in [-0.25, -0.2) is 0 Å². The summed E-state index contributed by atoms with van der Waals surface area (Å²) in [6, 6.07) is 9.43. The first-order valence-electron chi connectivity index (χ1n) is 7.54. The monoisotopic (exact) mass is 272 g/mol. The zero-order valence-electron chi connectivity index (χ0n) is 12.5. The van der Waals surface area contributed by atoms with E-state index in [1.807, 2.05) is 12.1 Å². The summed E-state index contributed by atoms with van der Waals surface area (Å²) in [4.78, 5) is 2.55. The highest BCUT2D eigenvalue weighted by Gasteiger charge is 2.21. The third kappa shape index (κ3) is 4.25. The Hall–Kier alpha value is -1.53. The summed E-state index contributed by atoms with van der Waals surface area (Å²) in [5.41, 5.74) is 0.675. The van der Waals surface area contributed by atoms with Gasteiger partial charge >= 0.3 is 0 Å². The van der Waals surface area contributed by atoms with Gasteiger partial charge in [-0.05, 0) is 55.5 Å². The van der Waals surface area contributed by atoms with Crippen LogP contribution in [0.15, 0.2) is 24.3 Å². The van der Waals surface area contributed by atoms with Crippen LogP contribution in [0.2, 0.25) is 0 Å². The van der Waals surface area contributed by atoms with Crippen LogP contribution in [0.25, 0.3) is 0 Å². The number of ether oxygens (including phenoxy) is 1. The summed E-state index contributed by atoms with van der Waals surface area (Å²) >= 11 is 0. The molecule has 0 saturated carbocycles. The van der Waals surface area contributed by atoms with E-state index >= 15 is 0 Å². The van der Waals surface area contributed by atoms with Gasteiger partial charge in [0.1, 0.15) is 5.75 Å². The van der Waals surface area contributed by atoms with Gasteiger partial charge in [0.25, 0.3) is 0 Å². The Morgan fingerprint density at radius 2 is 2.00 bits per heavy atom. The van der Waals surface area contributed by atoms with Gasteiger partial charge in [0, 0.05) is 13.1 Å². The van der Waals surface area contributed by atoms with E-state index in [9.17, 15) is 0 Å². The van der Waals surface area contributed by atoms with Crippen molar-refractivity contribution in [1.82, 2.24) is 4.90 Å². The summed E-state index contributed by atoms with van der Waals surface area (Å²) in [6.45, 7) is 9.01. The average Bonchev–Trinajstić information content (AvgIpc) is 2.48. The first-order valence-corrected chi connectivity index (χ1v) is 7.54. The van der Waals surface area contributed by atoms with Crippen LogP contribution in [-0.2, 0) is 0 Å². The number of hydrogen-bond acceptors (Lipinski definition) is 3. The first-order chi connectivity index (χ1) is 9.69. The van der Waals surface area contributed by atoms with Crippen molar-refractivity contribution in [3.63, 3.8) is 0 Å². The van der Waals surface area contributed by atoms with Crippen molar-refractivity contribution in [3.8, 4) is 11.8 Å². The average molecular weight is 272 g/mol. The number of benzene rings is 1. The zero-order valence-corrected chi connectivity index (χ0v) is 12.5. The third-order valence-electron chi connectivity index (χ3n) is 4.29. The molecule has 0 aromatic heterocycles. The second kappa shape index (κ2) is 7.31. The molecule has 2 rings (SSSR count). The van der Waals surface area contributed by atoms with Crippen LogP contribution in [-0.4, -0.2) is 31.1 Å². The van der Waals surface area contributed by atoms with Gasteiger partial charge in [0.05, 0.1) is 18.2 Å². The molecule has 1 heterocycles. The van der Waals surface area contributed by atoms with Crippen LogP contribution in [0.5, 0.6) is 5.75 Å². The van der Waals surface area contributed by atoms with Crippen LogP contribution in [0.4, 0.5) is 0 Å². The van der Waals surface area contributed by atoms with E-state index in [1.54, 1.807) is 12.1 Å². The molecule has 0 unspecified atom stereocenters. The lowest BCUT2D eigenvalue weighted by Crippen LogP contribution is -2.39. The Labute approximate surface area is 122 Å². The summed E-state index contributed by atoms with van der Waals surface area (Å²) in [6.07, 6.45) is 2.37. The molecule has 3 nitrogen and oxygen atoms in total. The summed E-state index contributed by atoms with van der Waals surface area (Å²) in [5, 5.41) is 8.73. The zero-order chi connectivity index (χ0) is 14.4. The van der Waals surface area contributed by atoms with Gasteiger partial charge < -0.3 is 9.64 Å². The van der Waals surface area contributed by atoms with E-state index in [4.69, 9.17) is 10.00 Å². The molecule has 0 amide bonds. The molecule has 0 bridgehead atoms. The van der Waals surface area contributed by atoms with E-state index in [2.05, 4.69) is 24.8 Å². The van der Waals surface area contributed by atoms with E-state index in [0.29, 0.717) is 5.56 Å². The highest BCUT2D eigenvalue weighted by atomic mass is 16.5. The number of nitriles is 1. The van der Waals surface area contributed by atoms with Crippen LogP contribution < -0.4 is 4.74 Å². The molecule has 1 aromatic carbocycles.